The molecule has 1 atom stereocenters. The van der Waals surface area contributed by atoms with Crippen molar-refractivity contribution in [1.82, 2.24) is 0 Å². The zero-order valence-corrected chi connectivity index (χ0v) is 15.4. The Kier molecular flexibility index (Phi) is 7.49. The second kappa shape index (κ2) is 9.61. The second-order valence-corrected chi connectivity index (χ2v) is 7.04. The van der Waals surface area contributed by atoms with E-state index in [0.717, 1.165) is 30.4 Å². The molecular weight excluding hydrogens is 295 g/mol. The number of halogens is 1. The average molecular weight is 326 g/mol. The van der Waals surface area contributed by atoms with Gasteiger partial charge in [-0.2, -0.15) is 0 Å². The summed E-state index contributed by atoms with van der Waals surface area (Å²) in [6.07, 6.45) is 8.15. The molecule has 1 unspecified atom stereocenters. The molecule has 0 spiro atoms. The van der Waals surface area contributed by atoms with Crippen LogP contribution in [0.3, 0.4) is 0 Å². The molecule has 0 heterocycles. The van der Waals surface area contributed by atoms with Crippen molar-refractivity contribution in [2.45, 2.75) is 65.7 Å². The lowest BCUT2D eigenvalue weighted by atomic mass is 9.96. The van der Waals surface area contributed by atoms with Crippen LogP contribution in [0.15, 0.2) is 42.5 Å². The number of rotatable bonds is 9. The van der Waals surface area contributed by atoms with E-state index in [4.69, 9.17) is 0 Å². The summed E-state index contributed by atoms with van der Waals surface area (Å²) in [6, 6.07) is 14.1. The molecule has 0 N–H and O–H groups in total. The van der Waals surface area contributed by atoms with Gasteiger partial charge in [0, 0.05) is 5.56 Å². The molecular formula is C23H31F. The fraction of sp³-hybridized carbons (Fsp3) is 0.478. The van der Waals surface area contributed by atoms with E-state index in [0.29, 0.717) is 11.5 Å². The molecule has 2 aromatic rings. The van der Waals surface area contributed by atoms with Gasteiger partial charge in [0.05, 0.1) is 0 Å². The highest BCUT2D eigenvalue weighted by Crippen LogP contribution is 2.25. The highest BCUT2D eigenvalue weighted by molar-refractivity contribution is 5.64. The van der Waals surface area contributed by atoms with Gasteiger partial charge in [-0.15, -0.1) is 0 Å². The first-order valence-corrected chi connectivity index (χ1v) is 9.51. The lowest BCUT2D eigenvalue weighted by molar-refractivity contribution is 0.560. The second-order valence-electron chi connectivity index (χ2n) is 7.04. The maximum atomic E-state index is 14.5. The maximum Gasteiger partial charge on any atom is 0.131 e. The topological polar surface area (TPSA) is 0 Å². The van der Waals surface area contributed by atoms with Gasteiger partial charge in [-0.25, -0.2) is 4.39 Å². The Morgan fingerprint density at radius 2 is 1.58 bits per heavy atom. The fourth-order valence-corrected chi connectivity index (χ4v) is 3.07. The van der Waals surface area contributed by atoms with E-state index in [1.54, 1.807) is 6.07 Å². The summed E-state index contributed by atoms with van der Waals surface area (Å²) in [5.41, 5.74) is 4.13. The molecule has 0 aliphatic carbocycles. The van der Waals surface area contributed by atoms with E-state index in [2.05, 4.69) is 51.1 Å². The Morgan fingerprint density at radius 1 is 0.875 bits per heavy atom. The molecule has 0 saturated carbocycles. The van der Waals surface area contributed by atoms with Crippen LogP contribution in [0.2, 0.25) is 0 Å². The first-order valence-electron chi connectivity index (χ1n) is 9.51. The molecule has 0 radical (unpaired) electrons. The van der Waals surface area contributed by atoms with Gasteiger partial charge in [-0.05, 0) is 47.9 Å². The van der Waals surface area contributed by atoms with E-state index in [-0.39, 0.29) is 5.82 Å². The van der Waals surface area contributed by atoms with Crippen LogP contribution in [0.5, 0.6) is 0 Å². The van der Waals surface area contributed by atoms with Crippen LogP contribution < -0.4 is 0 Å². The van der Waals surface area contributed by atoms with Crippen molar-refractivity contribution >= 4 is 0 Å². The summed E-state index contributed by atoms with van der Waals surface area (Å²) >= 11 is 0. The van der Waals surface area contributed by atoms with Crippen LogP contribution in [0, 0.1) is 11.7 Å². The molecule has 1 heteroatoms. The van der Waals surface area contributed by atoms with Crippen LogP contribution >= 0.6 is 0 Å². The Balaban J connectivity index is 2.03. The standard InChI is InChI=1S/C23H31F/c1-4-6-7-8-9-19-12-15-22(23(24)17-19)21-13-10-20(11-14-21)16-18(3)5-2/h10-15,17-18H,4-9,16H2,1-3H3. The Bertz CT molecular complexity index is 612. The zero-order valence-electron chi connectivity index (χ0n) is 15.4. The minimum Gasteiger partial charge on any atom is -0.206 e. The third kappa shape index (κ3) is 5.47. The molecule has 130 valence electrons. The summed E-state index contributed by atoms with van der Waals surface area (Å²) < 4.78 is 14.5. The maximum absolute atomic E-state index is 14.5. The first-order chi connectivity index (χ1) is 11.6. The van der Waals surface area contributed by atoms with E-state index < -0.39 is 0 Å². The van der Waals surface area contributed by atoms with Gasteiger partial charge in [-0.1, -0.05) is 82.9 Å². The normalized spacial score (nSPS) is 12.3. The van der Waals surface area contributed by atoms with Crippen molar-refractivity contribution in [2.24, 2.45) is 5.92 Å². The summed E-state index contributed by atoms with van der Waals surface area (Å²) in [7, 11) is 0. The summed E-state index contributed by atoms with van der Waals surface area (Å²) in [5.74, 6) is 0.595. The van der Waals surface area contributed by atoms with Gasteiger partial charge in [0.1, 0.15) is 5.82 Å². The Morgan fingerprint density at radius 3 is 2.21 bits per heavy atom. The third-order valence-electron chi connectivity index (χ3n) is 4.90. The van der Waals surface area contributed by atoms with E-state index in [9.17, 15) is 4.39 Å². The number of benzene rings is 2. The highest BCUT2D eigenvalue weighted by Gasteiger charge is 2.07. The summed E-state index contributed by atoms with van der Waals surface area (Å²) in [5, 5.41) is 0. The molecule has 0 fully saturated rings. The predicted octanol–water partition coefficient (Wildman–Crippen LogP) is 7.20. The van der Waals surface area contributed by atoms with Gasteiger partial charge in [0.25, 0.3) is 0 Å². The Labute approximate surface area is 147 Å². The van der Waals surface area contributed by atoms with Gasteiger partial charge in [0.2, 0.25) is 0 Å². The quantitative estimate of drug-likeness (QED) is 0.427. The van der Waals surface area contributed by atoms with Crippen LogP contribution in [0.4, 0.5) is 4.39 Å². The number of aryl methyl sites for hydroxylation is 1. The zero-order chi connectivity index (χ0) is 17.4. The molecule has 2 rings (SSSR count). The minimum atomic E-state index is -0.0994. The largest absolute Gasteiger partial charge is 0.206 e. The number of hydrogen-bond acceptors (Lipinski definition) is 0. The van der Waals surface area contributed by atoms with Crippen molar-refractivity contribution in [1.29, 1.82) is 0 Å². The fourth-order valence-electron chi connectivity index (χ4n) is 3.07. The average Bonchev–Trinajstić information content (AvgIpc) is 2.60. The van der Waals surface area contributed by atoms with Gasteiger partial charge < -0.3 is 0 Å². The molecule has 24 heavy (non-hydrogen) atoms. The summed E-state index contributed by atoms with van der Waals surface area (Å²) in [6.45, 7) is 6.70. The molecule has 0 amide bonds. The molecule has 2 aromatic carbocycles. The lowest BCUT2D eigenvalue weighted by Crippen LogP contribution is -1.97. The molecule has 0 aromatic heterocycles. The van der Waals surface area contributed by atoms with Crippen molar-refractivity contribution in [3.63, 3.8) is 0 Å². The molecule has 0 aliphatic rings. The van der Waals surface area contributed by atoms with Crippen LogP contribution in [0.25, 0.3) is 11.1 Å². The van der Waals surface area contributed by atoms with Crippen molar-refractivity contribution < 1.29 is 4.39 Å². The van der Waals surface area contributed by atoms with Crippen molar-refractivity contribution in [3.8, 4) is 11.1 Å². The monoisotopic (exact) mass is 326 g/mol. The van der Waals surface area contributed by atoms with E-state index in [1.165, 1.54) is 31.2 Å². The smallest absolute Gasteiger partial charge is 0.131 e. The molecule has 0 bridgehead atoms. The van der Waals surface area contributed by atoms with Gasteiger partial charge in [-0.3, -0.25) is 0 Å². The predicted molar refractivity (Wildman–Crippen MR) is 103 cm³/mol. The first kappa shape index (κ1) is 18.7. The molecule has 0 nitrogen and oxygen atoms in total. The van der Waals surface area contributed by atoms with E-state index in [1.807, 2.05) is 6.07 Å². The Hall–Kier alpha value is -1.63. The van der Waals surface area contributed by atoms with Crippen molar-refractivity contribution in [3.05, 3.63) is 59.4 Å². The van der Waals surface area contributed by atoms with Crippen LogP contribution in [-0.4, -0.2) is 0 Å². The summed E-state index contributed by atoms with van der Waals surface area (Å²) in [4.78, 5) is 0. The highest BCUT2D eigenvalue weighted by atomic mass is 19.1. The van der Waals surface area contributed by atoms with E-state index >= 15 is 0 Å². The SMILES string of the molecule is CCCCCCc1ccc(-c2ccc(CC(C)CC)cc2)c(F)c1. The number of unbranched alkanes of at least 4 members (excludes halogenated alkanes) is 3. The van der Waals surface area contributed by atoms with Crippen LogP contribution in [0.1, 0.15) is 64.0 Å². The van der Waals surface area contributed by atoms with Crippen LogP contribution in [-0.2, 0) is 12.8 Å². The third-order valence-corrected chi connectivity index (χ3v) is 4.90. The van der Waals surface area contributed by atoms with Gasteiger partial charge in [0.15, 0.2) is 0 Å². The van der Waals surface area contributed by atoms with Gasteiger partial charge >= 0.3 is 0 Å². The van der Waals surface area contributed by atoms with Crippen molar-refractivity contribution in [2.75, 3.05) is 0 Å². The minimum absolute atomic E-state index is 0.0994. The molecule has 0 aliphatic heterocycles. The molecule has 0 saturated heterocycles. The lowest BCUT2D eigenvalue weighted by Gasteiger charge is -2.10. The number of hydrogen-bond donors (Lipinski definition) is 0.